The molecule has 1 aromatic heterocycles. The molecule has 0 aromatic carbocycles. The highest BCUT2D eigenvalue weighted by Gasteiger charge is 2.23. The number of rotatable bonds is 5. The van der Waals surface area contributed by atoms with Crippen LogP contribution in [0.2, 0.25) is 0 Å². The lowest BCUT2D eigenvalue weighted by Gasteiger charge is -2.35. The van der Waals surface area contributed by atoms with E-state index in [4.69, 9.17) is 0 Å². The van der Waals surface area contributed by atoms with E-state index in [1.807, 2.05) is 4.68 Å². The van der Waals surface area contributed by atoms with E-state index in [0.717, 1.165) is 25.9 Å². The van der Waals surface area contributed by atoms with Crippen LogP contribution in [-0.2, 0) is 16.4 Å². The van der Waals surface area contributed by atoms with E-state index < -0.39 is 9.84 Å². The molecule has 6 nitrogen and oxygen atoms in total. The molecule has 0 spiro atoms. The Kier molecular flexibility index (Phi) is 4.34. The highest BCUT2D eigenvalue weighted by molar-refractivity contribution is 7.90. The normalized spacial score (nSPS) is 22.2. The third kappa shape index (κ3) is 4.06. The fourth-order valence-electron chi connectivity index (χ4n) is 2.39. The van der Waals surface area contributed by atoms with Gasteiger partial charge in [-0.25, -0.2) is 13.4 Å². The van der Waals surface area contributed by atoms with Crippen molar-refractivity contribution in [3.8, 4) is 0 Å². The Bertz CT molecular complexity index is 457. The molecule has 7 heteroatoms. The second-order valence-corrected chi connectivity index (χ2v) is 7.19. The number of piperidine rings is 1. The molecule has 0 amide bonds. The van der Waals surface area contributed by atoms with Gasteiger partial charge in [0.15, 0.2) is 0 Å². The van der Waals surface area contributed by atoms with E-state index in [-0.39, 0.29) is 5.75 Å². The van der Waals surface area contributed by atoms with Gasteiger partial charge in [0.1, 0.15) is 22.5 Å². The molecule has 0 bridgehead atoms. The molecule has 0 N–H and O–H groups in total. The molecule has 1 atom stereocenters. The molecule has 0 saturated carbocycles. The third-order valence-corrected chi connectivity index (χ3v) is 4.29. The summed E-state index contributed by atoms with van der Waals surface area (Å²) in [5, 5.41) is 4.11. The molecule has 1 aliphatic heterocycles. The molecule has 0 aliphatic carbocycles. The Morgan fingerprint density at radius 2 is 2.22 bits per heavy atom. The maximum atomic E-state index is 11.2. The van der Waals surface area contributed by atoms with Gasteiger partial charge in [0.05, 0.1) is 12.3 Å². The van der Waals surface area contributed by atoms with Crippen LogP contribution in [0.25, 0.3) is 0 Å². The first-order valence-corrected chi connectivity index (χ1v) is 8.35. The first kappa shape index (κ1) is 13.5. The number of aromatic nitrogens is 3. The van der Waals surface area contributed by atoms with Crippen molar-refractivity contribution in [2.24, 2.45) is 0 Å². The monoisotopic (exact) mass is 272 g/mol. The van der Waals surface area contributed by atoms with E-state index in [1.165, 1.54) is 19.0 Å². The van der Waals surface area contributed by atoms with Gasteiger partial charge in [-0.1, -0.05) is 6.42 Å². The minimum atomic E-state index is -2.89. The molecule has 0 radical (unpaired) electrons. The van der Waals surface area contributed by atoms with Crippen LogP contribution >= 0.6 is 0 Å². The van der Waals surface area contributed by atoms with Crippen molar-refractivity contribution in [3.63, 3.8) is 0 Å². The van der Waals surface area contributed by atoms with E-state index in [2.05, 4.69) is 15.0 Å². The molecule has 1 saturated heterocycles. The van der Waals surface area contributed by atoms with Crippen LogP contribution in [0.3, 0.4) is 0 Å². The predicted octanol–water partition coefficient (Wildman–Crippen LogP) is 0.177. The SMILES string of the molecule is CS(=O)(=O)CCN1CCCC[C@@H]1Cn1cncn1. The Morgan fingerprint density at radius 3 is 2.89 bits per heavy atom. The number of nitrogens with zero attached hydrogens (tertiary/aromatic N) is 4. The van der Waals surface area contributed by atoms with Crippen LogP contribution in [0, 0.1) is 0 Å². The average Bonchev–Trinajstić information content (AvgIpc) is 2.80. The van der Waals surface area contributed by atoms with E-state index in [0.29, 0.717) is 12.6 Å². The highest BCUT2D eigenvalue weighted by atomic mass is 32.2. The standard InChI is InChI=1S/C11H20N4O2S/c1-18(16,17)7-6-14-5-3-2-4-11(14)8-15-10-12-9-13-15/h9-11H,2-8H2,1H3/t11-/m1/s1. The fourth-order valence-corrected chi connectivity index (χ4v) is 2.95. The van der Waals surface area contributed by atoms with E-state index in [9.17, 15) is 8.42 Å². The lowest BCUT2D eigenvalue weighted by Crippen LogP contribution is -2.44. The number of hydrogen-bond acceptors (Lipinski definition) is 5. The summed E-state index contributed by atoms with van der Waals surface area (Å²) in [6, 6.07) is 0.377. The summed E-state index contributed by atoms with van der Waals surface area (Å²) >= 11 is 0. The van der Waals surface area contributed by atoms with Gasteiger partial charge in [-0.3, -0.25) is 9.58 Å². The molecular weight excluding hydrogens is 252 g/mol. The molecule has 2 rings (SSSR count). The molecular formula is C11H20N4O2S. The molecule has 2 heterocycles. The lowest BCUT2D eigenvalue weighted by atomic mass is 10.0. The van der Waals surface area contributed by atoms with Crippen LogP contribution in [0.1, 0.15) is 19.3 Å². The molecule has 1 aliphatic rings. The van der Waals surface area contributed by atoms with Crippen molar-refractivity contribution in [2.45, 2.75) is 31.8 Å². The summed E-state index contributed by atoms with van der Waals surface area (Å²) in [5.74, 6) is 0.237. The zero-order chi connectivity index (χ0) is 13.0. The summed E-state index contributed by atoms with van der Waals surface area (Å²) in [6.07, 6.45) is 7.99. The average molecular weight is 272 g/mol. The van der Waals surface area contributed by atoms with Crippen molar-refractivity contribution in [1.82, 2.24) is 19.7 Å². The zero-order valence-corrected chi connectivity index (χ0v) is 11.5. The summed E-state index contributed by atoms with van der Waals surface area (Å²) < 4.78 is 24.3. The third-order valence-electron chi connectivity index (χ3n) is 3.36. The quantitative estimate of drug-likeness (QED) is 0.764. The van der Waals surface area contributed by atoms with Crippen LogP contribution in [0.4, 0.5) is 0 Å². The van der Waals surface area contributed by atoms with Gasteiger partial charge in [0, 0.05) is 18.8 Å². The second-order valence-electron chi connectivity index (χ2n) is 4.93. The van der Waals surface area contributed by atoms with Gasteiger partial charge in [-0.15, -0.1) is 0 Å². The smallest absolute Gasteiger partial charge is 0.148 e. The Labute approximate surface area is 108 Å². The Balaban J connectivity index is 1.93. The van der Waals surface area contributed by atoms with Crippen molar-refractivity contribution >= 4 is 9.84 Å². The second kappa shape index (κ2) is 5.79. The number of sulfone groups is 1. The molecule has 18 heavy (non-hydrogen) atoms. The fraction of sp³-hybridized carbons (Fsp3) is 0.818. The lowest BCUT2D eigenvalue weighted by molar-refractivity contribution is 0.137. The Morgan fingerprint density at radius 1 is 1.39 bits per heavy atom. The summed E-state index contributed by atoms with van der Waals surface area (Å²) in [7, 11) is -2.89. The van der Waals surface area contributed by atoms with Gasteiger partial charge >= 0.3 is 0 Å². The zero-order valence-electron chi connectivity index (χ0n) is 10.7. The topological polar surface area (TPSA) is 68.1 Å². The number of likely N-dealkylation sites (tertiary alicyclic amines) is 1. The largest absolute Gasteiger partial charge is 0.298 e. The van der Waals surface area contributed by atoms with Gasteiger partial charge in [-0.05, 0) is 19.4 Å². The first-order chi connectivity index (χ1) is 8.54. The van der Waals surface area contributed by atoms with Crippen molar-refractivity contribution in [3.05, 3.63) is 12.7 Å². The van der Waals surface area contributed by atoms with E-state index >= 15 is 0 Å². The van der Waals surface area contributed by atoms with Gasteiger partial charge in [-0.2, -0.15) is 5.10 Å². The van der Waals surface area contributed by atoms with Crippen LogP contribution in [0.15, 0.2) is 12.7 Å². The molecule has 0 unspecified atom stereocenters. The highest BCUT2D eigenvalue weighted by Crippen LogP contribution is 2.18. The summed E-state index contributed by atoms with van der Waals surface area (Å²) in [6.45, 7) is 2.40. The minimum absolute atomic E-state index is 0.237. The maximum absolute atomic E-state index is 11.2. The van der Waals surface area contributed by atoms with Crippen molar-refractivity contribution in [1.29, 1.82) is 0 Å². The van der Waals surface area contributed by atoms with Gasteiger partial charge in [0.25, 0.3) is 0 Å². The van der Waals surface area contributed by atoms with Crippen molar-refractivity contribution in [2.75, 3.05) is 25.1 Å². The van der Waals surface area contributed by atoms with Crippen molar-refractivity contribution < 1.29 is 8.42 Å². The first-order valence-electron chi connectivity index (χ1n) is 6.29. The molecule has 1 aromatic rings. The van der Waals surface area contributed by atoms with Crippen LogP contribution in [0.5, 0.6) is 0 Å². The molecule has 102 valence electrons. The van der Waals surface area contributed by atoms with Crippen LogP contribution < -0.4 is 0 Å². The van der Waals surface area contributed by atoms with Crippen LogP contribution in [-0.4, -0.2) is 59.2 Å². The van der Waals surface area contributed by atoms with Gasteiger partial charge in [0.2, 0.25) is 0 Å². The minimum Gasteiger partial charge on any atom is -0.298 e. The van der Waals surface area contributed by atoms with E-state index in [1.54, 1.807) is 6.33 Å². The van der Waals surface area contributed by atoms with Gasteiger partial charge < -0.3 is 0 Å². The summed E-state index contributed by atoms with van der Waals surface area (Å²) in [4.78, 5) is 6.21. The predicted molar refractivity (Wildman–Crippen MR) is 68.9 cm³/mol. The summed E-state index contributed by atoms with van der Waals surface area (Å²) in [5.41, 5.74) is 0. The number of hydrogen-bond donors (Lipinski definition) is 0. The maximum Gasteiger partial charge on any atom is 0.148 e. The Hall–Kier alpha value is -0.950. The molecule has 1 fully saturated rings.